The largest absolute Gasteiger partial charge is 0.497 e. The minimum atomic E-state index is 0.609. The van der Waals surface area contributed by atoms with Crippen molar-refractivity contribution in [3.05, 3.63) is 77.1 Å². The molecule has 0 unspecified atom stereocenters. The number of aromatic nitrogens is 1. The highest BCUT2D eigenvalue weighted by atomic mass is 16.5. The van der Waals surface area contributed by atoms with Gasteiger partial charge in [0.15, 0.2) is 0 Å². The molecule has 3 aromatic rings. The summed E-state index contributed by atoms with van der Waals surface area (Å²) in [5.74, 6) is 1.71. The Hall–Kier alpha value is -3.21. The van der Waals surface area contributed by atoms with E-state index in [2.05, 4.69) is 47.1 Å². The summed E-state index contributed by atoms with van der Waals surface area (Å²) in [6.45, 7) is 4.80. The minimum absolute atomic E-state index is 0.609. The van der Waals surface area contributed by atoms with Crippen LogP contribution in [0.1, 0.15) is 22.5 Å². The molecule has 0 amide bonds. The Morgan fingerprint density at radius 3 is 2.44 bits per heavy atom. The van der Waals surface area contributed by atoms with E-state index >= 15 is 0 Å². The average Bonchev–Trinajstić information content (AvgIpc) is 2.99. The summed E-state index contributed by atoms with van der Waals surface area (Å²) < 4.78 is 12.8. The van der Waals surface area contributed by atoms with Gasteiger partial charge in [-0.05, 0) is 50.2 Å². The summed E-state index contributed by atoms with van der Waals surface area (Å²) >= 11 is 0. The molecule has 0 fully saturated rings. The Balaban J connectivity index is 1.73. The van der Waals surface area contributed by atoms with Crippen LogP contribution in [0.5, 0.6) is 11.5 Å². The molecule has 140 valence electrons. The van der Waals surface area contributed by atoms with Crippen LogP contribution < -0.4 is 14.9 Å². The maximum absolute atomic E-state index is 5.36. The van der Waals surface area contributed by atoms with Gasteiger partial charge in [0.2, 0.25) is 0 Å². The number of aryl methyl sites for hydroxylation is 1. The van der Waals surface area contributed by atoms with Gasteiger partial charge in [-0.1, -0.05) is 18.2 Å². The molecule has 0 bridgehead atoms. The van der Waals surface area contributed by atoms with E-state index < -0.39 is 0 Å². The van der Waals surface area contributed by atoms with Crippen LogP contribution in [0.4, 0.5) is 0 Å². The first-order valence-electron chi connectivity index (χ1n) is 8.85. The van der Waals surface area contributed by atoms with Crippen molar-refractivity contribution in [1.82, 2.24) is 9.99 Å². The molecule has 3 rings (SSSR count). The van der Waals surface area contributed by atoms with Crippen LogP contribution in [0.15, 0.2) is 59.7 Å². The first kappa shape index (κ1) is 18.6. The van der Waals surface area contributed by atoms with E-state index in [-0.39, 0.29) is 0 Å². The average molecular weight is 363 g/mol. The molecule has 0 aliphatic carbocycles. The van der Waals surface area contributed by atoms with Crippen LogP contribution in [0.25, 0.3) is 5.69 Å². The number of para-hydroxylation sites is 1. The van der Waals surface area contributed by atoms with E-state index in [1.54, 1.807) is 14.2 Å². The third kappa shape index (κ3) is 4.14. The number of methoxy groups -OCH3 is 2. The smallest absolute Gasteiger partial charge is 0.123 e. The van der Waals surface area contributed by atoms with Crippen LogP contribution in [-0.4, -0.2) is 25.0 Å². The van der Waals surface area contributed by atoms with Crippen molar-refractivity contribution in [3.8, 4) is 17.2 Å². The fourth-order valence-electron chi connectivity index (χ4n) is 3.14. The molecule has 0 saturated heterocycles. The first-order chi connectivity index (χ1) is 13.1. The topological polar surface area (TPSA) is 47.8 Å². The number of rotatable bonds is 7. The molecule has 0 aliphatic heterocycles. The van der Waals surface area contributed by atoms with Crippen molar-refractivity contribution in [3.63, 3.8) is 0 Å². The molecule has 0 aliphatic rings. The van der Waals surface area contributed by atoms with Gasteiger partial charge in [0.05, 0.1) is 27.0 Å². The van der Waals surface area contributed by atoms with Crippen LogP contribution in [-0.2, 0) is 6.54 Å². The first-order valence-corrected chi connectivity index (χ1v) is 8.85. The molecule has 5 nitrogen and oxygen atoms in total. The van der Waals surface area contributed by atoms with E-state index in [0.29, 0.717) is 6.54 Å². The number of ether oxygens (including phenoxy) is 2. The summed E-state index contributed by atoms with van der Waals surface area (Å²) in [4.78, 5) is 0. The van der Waals surface area contributed by atoms with Gasteiger partial charge in [0, 0.05) is 28.2 Å². The maximum Gasteiger partial charge on any atom is 0.123 e. The lowest BCUT2D eigenvalue weighted by Gasteiger charge is -2.10. The molecule has 0 atom stereocenters. The van der Waals surface area contributed by atoms with E-state index in [9.17, 15) is 0 Å². The van der Waals surface area contributed by atoms with Gasteiger partial charge in [-0.25, -0.2) is 0 Å². The van der Waals surface area contributed by atoms with Crippen LogP contribution in [0.2, 0.25) is 0 Å². The number of hydrogen-bond donors (Lipinski definition) is 1. The molecule has 0 spiro atoms. The summed E-state index contributed by atoms with van der Waals surface area (Å²) in [5.41, 5.74) is 8.65. The third-order valence-corrected chi connectivity index (χ3v) is 4.56. The Morgan fingerprint density at radius 1 is 1.00 bits per heavy atom. The molecule has 0 radical (unpaired) electrons. The third-order valence-electron chi connectivity index (χ3n) is 4.56. The van der Waals surface area contributed by atoms with Crippen molar-refractivity contribution in [1.29, 1.82) is 0 Å². The zero-order valence-electron chi connectivity index (χ0n) is 16.2. The summed E-state index contributed by atoms with van der Waals surface area (Å²) in [5, 5.41) is 4.38. The van der Waals surface area contributed by atoms with Crippen LogP contribution >= 0.6 is 0 Å². The highest BCUT2D eigenvalue weighted by Crippen LogP contribution is 2.22. The number of nitrogens with one attached hydrogen (secondary N) is 1. The van der Waals surface area contributed by atoms with E-state index in [4.69, 9.17) is 9.47 Å². The summed E-state index contributed by atoms with van der Waals surface area (Å²) in [6.07, 6.45) is 1.86. The van der Waals surface area contributed by atoms with Crippen molar-refractivity contribution in [2.24, 2.45) is 5.10 Å². The number of hydrazone groups is 1. The van der Waals surface area contributed by atoms with Gasteiger partial charge in [0.25, 0.3) is 0 Å². The number of nitrogens with zero attached hydrogens (tertiary/aromatic N) is 2. The van der Waals surface area contributed by atoms with E-state index in [0.717, 1.165) is 39.7 Å². The molecule has 0 saturated carbocycles. The molecule has 5 heteroatoms. The molecule has 27 heavy (non-hydrogen) atoms. The van der Waals surface area contributed by atoms with Gasteiger partial charge < -0.3 is 19.5 Å². The standard InChI is InChI=1S/C22H25N3O2/c1-16-13-19(15-24-23-14-18-7-5-6-8-22(18)27-4)17(2)25(16)20-9-11-21(26-3)12-10-20/h5-13,15,23H,14H2,1-4H3/b24-15-. The van der Waals surface area contributed by atoms with Gasteiger partial charge in [-0.2, -0.15) is 5.10 Å². The predicted octanol–water partition coefficient (Wildman–Crippen LogP) is 4.24. The quantitative estimate of drug-likeness (QED) is 0.505. The second-order valence-corrected chi connectivity index (χ2v) is 6.26. The Bertz CT molecular complexity index is 927. The van der Waals surface area contributed by atoms with Crippen molar-refractivity contribution in [2.45, 2.75) is 20.4 Å². The van der Waals surface area contributed by atoms with Crippen molar-refractivity contribution in [2.75, 3.05) is 14.2 Å². The zero-order valence-corrected chi connectivity index (χ0v) is 16.2. The molecular weight excluding hydrogens is 338 g/mol. The number of benzene rings is 2. The Labute approximate surface area is 160 Å². The molecule has 1 heterocycles. The number of hydrogen-bond acceptors (Lipinski definition) is 4. The Kier molecular flexibility index (Phi) is 5.81. The molecular formula is C22H25N3O2. The fourth-order valence-corrected chi connectivity index (χ4v) is 3.14. The maximum atomic E-state index is 5.36. The second-order valence-electron chi connectivity index (χ2n) is 6.26. The van der Waals surface area contributed by atoms with E-state index in [1.807, 2.05) is 42.6 Å². The summed E-state index contributed by atoms with van der Waals surface area (Å²) in [6, 6.07) is 18.1. The fraction of sp³-hybridized carbons (Fsp3) is 0.227. The SMILES string of the molecule is COc1ccc(-n2c(C)cc(/C=N\NCc3ccccc3OC)c2C)cc1. The van der Waals surface area contributed by atoms with Gasteiger partial charge in [-0.15, -0.1) is 0 Å². The normalized spacial score (nSPS) is 11.0. The summed E-state index contributed by atoms with van der Waals surface area (Å²) in [7, 11) is 3.35. The molecule has 2 aromatic carbocycles. The highest BCUT2D eigenvalue weighted by Gasteiger charge is 2.09. The lowest BCUT2D eigenvalue weighted by Crippen LogP contribution is -2.07. The lowest BCUT2D eigenvalue weighted by atomic mass is 10.2. The highest BCUT2D eigenvalue weighted by molar-refractivity contribution is 5.82. The second kappa shape index (κ2) is 8.45. The van der Waals surface area contributed by atoms with Crippen molar-refractivity contribution < 1.29 is 9.47 Å². The van der Waals surface area contributed by atoms with Crippen molar-refractivity contribution >= 4 is 6.21 Å². The minimum Gasteiger partial charge on any atom is -0.497 e. The predicted molar refractivity (Wildman–Crippen MR) is 109 cm³/mol. The van der Waals surface area contributed by atoms with Crippen LogP contribution in [0, 0.1) is 13.8 Å². The van der Waals surface area contributed by atoms with E-state index in [1.165, 1.54) is 0 Å². The van der Waals surface area contributed by atoms with Crippen LogP contribution in [0.3, 0.4) is 0 Å². The molecule has 1 aromatic heterocycles. The van der Waals surface area contributed by atoms with Gasteiger partial charge >= 0.3 is 0 Å². The van der Waals surface area contributed by atoms with Gasteiger partial charge in [-0.3, -0.25) is 0 Å². The zero-order chi connectivity index (χ0) is 19.2. The molecule has 1 N–H and O–H groups in total. The van der Waals surface area contributed by atoms with Gasteiger partial charge in [0.1, 0.15) is 11.5 Å². The lowest BCUT2D eigenvalue weighted by molar-refractivity contribution is 0.408. The monoisotopic (exact) mass is 363 g/mol. The Morgan fingerprint density at radius 2 is 1.74 bits per heavy atom.